The van der Waals surface area contributed by atoms with Crippen LogP contribution >= 0.6 is 11.3 Å². The minimum absolute atomic E-state index is 0.000724. The number of cyclic esters (lactones) is 1. The number of oxime groups is 1. The van der Waals surface area contributed by atoms with Crippen LogP contribution < -0.4 is 0 Å². The van der Waals surface area contributed by atoms with E-state index in [9.17, 15) is 14.4 Å². The highest BCUT2D eigenvalue weighted by molar-refractivity contribution is 7.13. The first-order valence-electron chi connectivity index (χ1n) is 21.0. The maximum Gasteiger partial charge on any atom is 0.311 e. The Balaban J connectivity index is 1.42. The van der Waals surface area contributed by atoms with Crippen molar-refractivity contribution >= 4 is 34.8 Å². The van der Waals surface area contributed by atoms with Crippen molar-refractivity contribution in [1.82, 2.24) is 9.88 Å². The van der Waals surface area contributed by atoms with Gasteiger partial charge in [0, 0.05) is 41.5 Å². The first-order chi connectivity index (χ1) is 28.0. The van der Waals surface area contributed by atoms with Crippen molar-refractivity contribution < 1.29 is 52.4 Å². The summed E-state index contributed by atoms with van der Waals surface area (Å²) in [4.78, 5) is 53.5. The van der Waals surface area contributed by atoms with Crippen LogP contribution in [0.4, 0.5) is 0 Å². The second-order valence-electron chi connectivity index (χ2n) is 17.5. The third-order valence-electron chi connectivity index (χ3n) is 12.7. The van der Waals surface area contributed by atoms with Crippen molar-refractivity contribution in [1.29, 1.82) is 0 Å². The molecule has 3 unspecified atom stereocenters. The topological polar surface area (TPSA) is 154 Å². The third kappa shape index (κ3) is 9.61. The lowest BCUT2D eigenvalue weighted by Crippen LogP contribution is -2.60. The van der Waals surface area contributed by atoms with E-state index in [1.165, 1.54) is 6.92 Å². The van der Waals surface area contributed by atoms with E-state index < -0.39 is 77.7 Å². The number of ketones is 1. The summed E-state index contributed by atoms with van der Waals surface area (Å²) in [6.07, 6.45) is -1.80. The molecule has 0 N–H and O–H groups in total. The molecule has 4 saturated heterocycles. The van der Waals surface area contributed by atoms with Gasteiger partial charge in [-0.25, -0.2) is 4.98 Å². The summed E-state index contributed by atoms with van der Waals surface area (Å²) in [5.41, 5.74) is -0.121. The average Bonchev–Trinajstić information content (AvgIpc) is 3.82. The molecule has 4 fully saturated rings. The molecule has 0 saturated carbocycles. The van der Waals surface area contributed by atoms with Crippen LogP contribution in [0.15, 0.2) is 41.0 Å². The van der Waals surface area contributed by atoms with E-state index in [-0.39, 0.29) is 43.7 Å². The molecule has 4 bridgehead atoms. The number of likely N-dealkylation sites (N-methyl/N-ethyl adjacent to an activating group) is 1. The normalized spacial score (nSPS) is 39.0. The maximum absolute atomic E-state index is 14.3. The van der Waals surface area contributed by atoms with Crippen LogP contribution in [0.2, 0.25) is 0 Å². The molecule has 59 heavy (non-hydrogen) atoms. The van der Waals surface area contributed by atoms with E-state index in [2.05, 4.69) is 10.1 Å². The van der Waals surface area contributed by atoms with Crippen molar-refractivity contribution in [2.24, 2.45) is 28.8 Å². The highest BCUT2D eigenvalue weighted by atomic mass is 32.1. The van der Waals surface area contributed by atoms with Gasteiger partial charge in [0.2, 0.25) is 0 Å². The number of benzene rings is 1. The Bertz CT molecular complexity index is 1810. The molecule has 0 radical (unpaired) electrons. The lowest BCUT2D eigenvalue weighted by molar-refractivity contribution is -0.305. The molecular formula is C44H63N3O11S. The van der Waals surface area contributed by atoms with E-state index in [0.717, 1.165) is 16.1 Å². The van der Waals surface area contributed by atoms with Gasteiger partial charge in [0.25, 0.3) is 0 Å². The summed E-state index contributed by atoms with van der Waals surface area (Å²) in [5.74, 6) is -3.18. The van der Waals surface area contributed by atoms with Gasteiger partial charge in [0.15, 0.2) is 23.8 Å². The Labute approximate surface area is 352 Å². The summed E-state index contributed by atoms with van der Waals surface area (Å²) in [5, 5.41) is 7.39. The van der Waals surface area contributed by atoms with Gasteiger partial charge in [-0.2, -0.15) is 0 Å². The highest BCUT2D eigenvalue weighted by Gasteiger charge is 2.59. The molecule has 0 aliphatic carbocycles. The van der Waals surface area contributed by atoms with Gasteiger partial charge in [-0.05, 0) is 67.0 Å². The van der Waals surface area contributed by atoms with Crippen LogP contribution in [0.25, 0.3) is 10.6 Å². The Morgan fingerprint density at radius 1 is 1.05 bits per heavy atom. The molecule has 15 heteroatoms. The highest BCUT2D eigenvalue weighted by Crippen LogP contribution is 2.45. The Kier molecular flexibility index (Phi) is 14.4. The Hall–Kier alpha value is -3.31. The zero-order chi connectivity index (χ0) is 42.8. The predicted octanol–water partition coefficient (Wildman–Crippen LogP) is 6.24. The van der Waals surface area contributed by atoms with Crippen LogP contribution in [0.1, 0.15) is 87.1 Å². The van der Waals surface area contributed by atoms with Crippen molar-refractivity contribution in [3.05, 3.63) is 41.4 Å². The SMILES string of the molecule is CC[C@H]1OC(=O)[C@H](C)[C@H]2OC/C(=N\OCc3ccccc3-c3nccs3)CO[C@](C)(C[C@@H](C)C3OC1(C)C(=O)C3C)[C@H](O[C@@H]1O[C@H](C)C[C@H](N(C)C)[C@H]1OC(C)=O)[C@@H]2C. The number of nitrogens with zero attached hydrogens (tertiary/aromatic N) is 3. The minimum atomic E-state index is -1.33. The zero-order valence-electron chi connectivity index (χ0n) is 36.4. The number of hydrogen-bond donors (Lipinski definition) is 0. The molecular weight excluding hydrogens is 779 g/mol. The minimum Gasteiger partial charge on any atom is -0.459 e. The fourth-order valence-electron chi connectivity index (χ4n) is 9.66. The van der Waals surface area contributed by atoms with Gasteiger partial charge in [-0.1, -0.05) is 57.1 Å². The number of rotatable bonds is 9. The Morgan fingerprint density at radius 3 is 2.47 bits per heavy atom. The van der Waals surface area contributed by atoms with Crippen molar-refractivity contribution in [3.63, 3.8) is 0 Å². The average molecular weight is 842 g/mol. The first-order valence-corrected chi connectivity index (χ1v) is 21.8. The molecule has 4 aliphatic heterocycles. The summed E-state index contributed by atoms with van der Waals surface area (Å²) in [6.45, 7) is 16.8. The molecule has 6 rings (SSSR count). The number of ether oxygens (including phenoxy) is 7. The number of thiazole rings is 1. The van der Waals surface area contributed by atoms with E-state index in [1.54, 1.807) is 31.4 Å². The molecule has 4 aliphatic rings. The summed E-state index contributed by atoms with van der Waals surface area (Å²) in [6, 6.07) is 7.68. The molecule has 5 heterocycles. The molecule has 326 valence electrons. The van der Waals surface area contributed by atoms with E-state index in [1.807, 2.05) is 90.2 Å². The third-order valence-corrected chi connectivity index (χ3v) is 13.5. The smallest absolute Gasteiger partial charge is 0.311 e. The number of Topliss-reactive ketones (excluding diaryl/α,β-unsaturated/α-hetero) is 1. The van der Waals surface area contributed by atoms with Crippen molar-refractivity contribution in [2.45, 2.75) is 148 Å². The van der Waals surface area contributed by atoms with Crippen LogP contribution in [0.5, 0.6) is 0 Å². The summed E-state index contributed by atoms with van der Waals surface area (Å²) >= 11 is 1.55. The molecule has 0 spiro atoms. The number of aromatic nitrogens is 1. The molecule has 14 nitrogen and oxygen atoms in total. The zero-order valence-corrected chi connectivity index (χ0v) is 37.2. The standard InChI is InChI=1S/C44H63N3O11S/c1-12-34-44(9)38(49)26(4)35(58-44)24(2)20-43(8)39(57-42-37(55-29(7)48)33(47(10)11)19-25(3)54-42)27(5)36(28(6)41(50)56-34)51-22-31(23-52-43)46-53-21-30-15-13-14-16-32(30)40-45-17-18-59-40/h13-18,24-28,33-37,39,42H,12,19-23H2,1-11H3/b46-31+/t24-,25-,26?,27-,28-,33+,34-,35?,36+,37-,39-,42+,43-,44?/m1/s1. The van der Waals surface area contributed by atoms with E-state index in [4.69, 9.17) is 38.0 Å². The molecule has 1 aromatic heterocycles. The second-order valence-corrected chi connectivity index (χ2v) is 18.4. The number of carbonyl (C=O) groups excluding carboxylic acids is 3. The van der Waals surface area contributed by atoms with Gasteiger partial charge in [0.1, 0.15) is 23.4 Å². The Morgan fingerprint density at radius 2 is 1.80 bits per heavy atom. The van der Waals surface area contributed by atoms with E-state index in [0.29, 0.717) is 25.0 Å². The molecule has 0 amide bonds. The number of fused-ring (bicyclic) bond motifs is 5. The lowest BCUT2D eigenvalue weighted by atomic mass is 9.75. The quantitative estimate of drug-likeness (QED) is 0.207. The van der Waals surface area contributed by atoms with Gasteiger partial charge >= 0.3 is 11.9 Å². The van der Waals surface area contributed by atoms with Crippen molar-refractivity contribution in [2.75, 3.05) is 27.3 Å². The van der Waals surface area contributed by atoms with Crippen molar-refractivity contribution in [3.8, 4) is 10.6 Å². The summed E-state index contributed by atoms with van der Waals surface area (Å²) < 4.78 is 46.3. The van der Waals surface area contributed by atoms with Gasteiger partial charge in [-0.15, -0.1) is 11.3 Å². The monoisotopic (exact) mass is 841 g/mol. The van der Waals surface area contributed by atoms with Gasteiger partial charge < -0.3 is 42.9 Å². The fraction of sp³-hybridized carbons (Fsp3) is 0.705. The maximum atomic E-state index is 14.3. The van der Waals surface area contributed by atoms with Gasteiger partial charge in [0.05, 0.1) is 55.2 Å². The molecule has 1 aromatic carbocycles. The first kappa shape index (κ1) is 45.2. The van der Waals surface area contributed by atoms with Crippen LogP contribution in [0, 0.1) is 23.7 Å². The number of esters is 2. The lowest BCUT2D eigenvalue weighted by Gasteiger charge is -2.48. The largest absolute Gasteiger partial charge is 0.459 e. The number of hydrogen-bond acceptors (Lipinski definition) is 15. The second kappa shape index (κ2) is 18.8. The fourth-order valence-corrected chi connectivity index (χ4v) is 10.4. The van der Waals surface area contributed by atoms with E-state index >= 15 is 0 Å². The van der Waals surface area contributed by atoms with Crippen LogP contribution in [-0.4, -0.2) is 121 Å². The molecule has 14 atom stereocenters. The number of carbonyl (C=O) groups is 3. The predicted molar refractivity (Wildman–Crippen MR) is 220 cm³/mol. The summed E-state index contributed by atoms with van der Waals surface area (Å²) in [7, 11) is 3.88. The van der Waals surface area contributed by atoms with Gasteiger partial charge in [-0.3, -0.25) is 14.4 Å². The molecule has 2 aromatic rings. The van der Waals surface area contributed by atoms with Crippen LogP contribution in [-0.2, 0) is 59.0 Å². The van der Waals surface area contributed by atoms with Crippen LogP contribution in [0.3, 0.4) is 0 Å².